The molecular formula is C21H23Cl3N2O3S2. The molecule has 0 spiro atoms. The van der Waals surface area contributed by atoms with Crippen molar-refractivity contribution in [3.8, 4) is 0 Å². The summed E-state index contributed by atoms with van der Waals surface area (Å²) in [6.07, 6.45) is 0.983. The summed E-state index contributed by atoms with van der Waals surface area (Å²) >= 11 is 19.8. The van der Waals surface area contributed by atoms with Crippen LogP contribution >= 0.6 is 46.6 Å². The Bertz CT molecular complexity index is 989. The number of hydrogen-bond donors (Lipinski definition) is 1. The molecule has 1 aliphatic heterocycles. The van der Waals surface area contributed by atoms with E-state index in [-0.39, 0.29) is 17.6 Å². The number of thioether (sulfide) groups is 1. The molecule has 0 aromatic heterocycles. The van der Waals surface area contributed by atoms with E-state index in [1.54, 1.807) is 30.0 Å². The lowest BCUT2D eigenvalue weighted by Crippen LogP contribution is -2.43. The van der Waals surface area contributed by atoms with Gasteiger partial charge in [0.05, 0.1) is 5.75 Å². The minimum Gasteiger partial charge on any atom is -0.355 e. The molecule has 0 aliphatic carbocycles. The van der Waals surface area contributed by atoms with Crippen LogP contribution in [0.1, 0.15) is 18.4 Å². The fraction of sp³-hybridized carbons (Fsp3) is 0.381. The number of nitrogens with one attached hydrogen (secondary N) is 1. The van der Waals surface area contributed by atoms with Crippen molar-refractivity contribution in [3.63, 3.8) is 0 Å². The number of piperidine rings is 1. The molecule has 0 atom stereocenters. The number of rotatable bonds is 8. The fourth-order valence-electron chi connectivity index (χ4n) is 3.36. The van der Waals surface area contributed by atoms with Gasteiger partial charge in [0.2, 0.25) is 15.9 Å². The highest BCUT2D eigenvalue weighted by atomic mass is 35.5. The molecule has 1 saturated heterocycles. The van der Waals surface area contributed by atoms with Crippen molar-refractivity contribution in [2.24, 2.45) is 5.92 Å². The van der Waals surface area contributed by atoms with Crippen LogP contribution in [-0.2, 0) is 20.6 Å². The monoisotopic (exact) mass is 520 g/mol. The van der Waals surface area contributed by atoms with Gasteiger partial charge in [-0.3, -0.25) is 4.79 Å². The van der Waals surface area contributed by atoms with Crippen molar-refractivity contribution in [3.05, 3.63) is 63.1 Å². The molecule has 1 aliphatic rings. The first-order valence-electron chi connectivity index (χ1n) is 9.83. The minimum absolute atomic E-state index is 0.0251. The third-order valence-electron chi connectivity index (χ3n) is 5.09. The van der Waals surface area contributed by atoms with Gasteiger partial charge in [-0.1, -0.05) is 40.9 Å². The Balaban J connectivity index is 1.44. The second kappa shape index (κ2) is 11.3. The average molecular weight is 522 g/mol. The molecule has 2 aromatic rings. The Labute approximate surface area is 202 Å². The number of benzene rings is 2. The fourth-order valence-corrected chi connectivity index (χ4v) is 6.57. The molecule has 1 fully saturated rings. The van der Waals surface area contributed by atoms with Gasteiger partial charge in [-0.15, -0.1) is 11.8 Å². The van der Waals surface area contributed by atoms with Gasteiger partial charge in [0, 0.05) is 56.8 Å². The summed E-state index contributed by atoms with van der Waals surface area (Å²) < 4.78 is 27.0. The van der Waals surface area contributed by atoms with Gasteiger partial charge in [0.1, 0.15) is 0 Å². The molecule has 3 rings (SSSR count). The van der Waals surface area contributed by atoms with Gasteiger partial charge in [0.15, 0.2) is 0 Å². The molecule has 1 amide bonds. The SMILES string of the molecule is O=C(NCCSc1ccc(Cl)cc1)C1CCN(S(=O)(=O)Cc2c(Cl)cccc2Cl)CC1. The molecule has 10 heteroatoms. The maximum atomic E-state index is 12.8. The number of carbonyl (C=O) groups excluding carboxylic acids is 1. The van der Waals surface area contributed by atoms with Gasteiger partial charge in [-0.25, -0.2) is 12.7 Å². The second-order valence-electron chi connectivity index (χ2n) is 7.22. The molecule has 0 unspecified atom stereocenters. The van der Waals surface area contributed by atoms with E-state index in [9.17, 15) is 13.2 Å². The number of amides is 1. The third-order valence-corrected chi connectivity index (χ3v) is 8.87. The first-order chi connectivity index (χ1) is 14.8. The van der Waals surface area contributed by atoms with E-state index in [0.29, 0.717) is 53.1 Å². The van der Waals surface area contributed by atoms with Gasteiger partial charge in [0.25, 0.3) is 0 Å². The maximum Gasteiger partial charge on any atom is 0.223 e. The van der Waals surface area contributed by atoms with E-state index in [4.69, 9.17) is 34.8 Å². The van der Waals surface area contributed by atoms with E-state index in [2.05, 4.69) is 5.32 Å². The lowest BCUT2D eigenvalue weighted by molar-refractivity contribution is -0.125. The number of sulfonamides is 1. The van der Waals surface area contributed by atoms with E-state index < -0.39 is 10.0 Å². The van der Waals surface area contributed by atoms with E-state index in [1.165, 1.54) is 4.31 Å². The molecule has 0 bridgehead atoms. The Morgan fingerprint density at radius 3 is 2.26 bits per heavy atom. The van der Waals surface area contributed by atoms with Crippen LogP contribution in [0, 0.1) is 5.92 Å². The van der Waals surface area contributed by atoms with E-state index >= 15 is 0 Å². The minimum atomic E-state index is -3.57. The zero-order chi connectivity index (χ0) is 22.4. The van der Waals surface area contributed by atoms with Crippen LogP contribution in [0.15, 0.2) is 47.4 Å². The zero-order valence-corrected chi connectivity index (χ0v) is 20.6. The number of nitrogens with zero attached hydrogens (tertiary/aromatic N) is 1. The summed E-state index contributed by atoms with van der Waals surface area (Å²) in [5.41, 5.74) is 0.406. The summed E-state index contributed by atoms with van der Waals surface area (Å²) in [5, 5.41) is 4.32. The smallest absolute Gasteiger partial charge is 0.223 e. The maximum absolute atomic E-state index is 12.8. The number of halogens is 3. The van der Waals surface area contributed by atoms with Crippen molar-refractivity contribution < 1.29 is 13.2 Å². The predicted molar refractivity (Wildman–Crippen MR) is 129 cm³/mol. The van der Waals surface area contributed by atoms with E-state index in [1.807, 2.05) is 24.3 Å². The Hall–Kier alpha value is -0.960. The normalized spacial score (nSPS) is 15.7. The van der Waals surface area contributed by atoms with Crippen LogP contribution in [0.2, 0.25) is 15.1 Å². The zero-order valence-electron chi connectivity index (χ0n) is 16.7. The lowest BCUT2D eigenvalue weighted by Gasteiger charge is -2.30. The van der Waals surface area contributed by atoms with E-state index in [0.717, 1.165) is 10.6 Å². The van der Waals surface area contributed by atoms with Crippen LogP contribution < -0.4 is 5.32 Å². The van der Waals surface area contributed by atoms with Gasteiger partial charge >= 0.3 is 0 Å². The molecule has 168 valence electrons. The van der Waals surface area contributed by atoms with Crippen LogP contribution in [0.25, 0.3) is 0 Å². The van der Waals surface area contributed by atoms with Crippen molar-refractivity contribution in [2.45, 2.75) is 23.5 Å². The number of hydrogen-bond acceptors (Lipinski definition) is 4. The van der Waals surface area contributed by atoms with Gasteiger partial charge in [-0.05, 0) is 49.2 Å². The van der Waals surface area contributed by atoms with Crippen LogP contribution in [0.4, 0.5) is 0 Å². The van der Waals surface area contributed by atoms with Gasteiger partial charge in [-0.2, -0.15) is 0 Å². The summed E-state index contributed by atoms with van der Waals surface area (Å²) in [4.78, 5) is 13.5. The topological polar surface area (TPSA) is 66.5 Å². The Morgan fingerprint density at radius 1 is 1.03 bits per heavy atom. The highest BCUT2D eigenvalue weighted by Gasteiger charge is 2.31. The molecule has 1 N–H and O–H groups in total. The summed E-state index contributed by atoms with van der Waals surface area (Å²) in [7, 11) is -3.57. The Morgan fingerprint density at radius 2 is 1.65 bits per heavy atom. The van der Waals surface area contributed by atoms with Crippen molar-refractivity contribution in [2.75, 3.05) is 25.4 Å². The molecule has 31 heavy (non-hydrogen) atoms. The average Bonchev–Trinajstić information content (AvgIpc) is 2.75. The molecule has 2 aromatic carbocycles. The molecule has 1 heterocycles. The predicted octanol–water partition coefficient (Wildman–Crippen LogP) is 5.10. The second-order valence-corrected chi connectivity index (χ2v) is 11.6. The number of carbonyl (C=O) groups is 1. The lowest BCUT2D eigenvalue weighted by atomic mass is 9.97. The van der Waals surface area contributed by atoms with Crippen molar-refractivity contribution >= 4 is 62.5 Å². The summed E-state index contributed by atoms with van der Waals surface area (Å²) in [5.74, 6) is 0.294. The van der Waals surface area contributed by atoms with Gasteiger partial charge < -0.3 is 5.32 Å². The third kappa shape index (κ3) is 7.01. The van der Waals surface area contributed by atoms with Crippen molar-refractivity contribution in [1.82, 2.24) is 9.62 Å². The Kier molecular flexibility index (Phi) is 8.96. The largest absolute Gasteiger partial charge is 0.355 e. The van der Waals surface area contributed by atoms with Crippen LogP contribution in [0.5, 0.6) is 0 Å². The molecule has 0 saturated carbocycles. The summed E-state index contributed by atoms with van der Waals surface area (Å²) in [6, 6.07) is 12.5. The standard InChI is InChI=1S/C21H23Cl3N2O3S2/c22-16-4-6-17(7-5-16)30-13-10-25-21(27)15-8-11-26(12-9-15)31(28,29)14-18-19(23)2-1-3-20(18)24/h1-7,15H,8-14H2,(H,25,27). The highest BCUT2D eigenvalue weighted by Crippen LogP contribution is 2.29. The first kappa shape index (κ1) is 24.7. The quantitative estimate of drug-likeness (QED) is 0.388. The molecule has 5 nitrogen and oxygen atoms in total. The van der Waals surface area contributed by atoms with Crippen molar-refractivity contribution in [1.29, 1.82) is 0 Å². The molecular weight excluding hydrogens is 499 g/mol. The molecule has 0 radical (unpaired) electrons. The van der Waals surface area contributed by atoms with Crippen LogP contribution in [0.3, 0.4) is 0 Å². The summed E-state index contributed by atoms with van der Waals surface area (Å²) in [6.45, 7) is 1.17. The van der Waals surface area contributed by atoms with Crippen LogP contribution in [-0.4, -0.2) is 44.0 Å². The highest BCUT2D eigenvalue weighted by molar-refractivity contribution is 7.99. The first-order valence-corrected chi connectivity index (χ1v) is 13.6.